The van der Waals surface area contributed by atoms with Crippen molar-refractivity contribution in [3.05, 3.63) is 24.4 Å². The number of phenolic OH excluding ortho intramolecular Hbond substituents is 1. The van der Waals surface area contributed by atoms with Crippen molar-refractivity contribution in [1.29, 1.82) is 0 Å². The van der Waals surface area contributed by atoms with E-state index in [0.717, 1.165) is 16.2 Å². The summed E-state index contributed by atoms with van der Waals surface area (Å²) >= 11 is 0. The molecule has 3 heteroatoms. The molecule has 1 unspecified atom stereocenters. The van der Waals surface area contributed by atoms with E-state index in [0.29, 0.717) is 5.75 Å². The van der Waals surface area contributed by atoms with Gasteiger partial charge in [0, 0.05) is 11.6 Å². The molecule has 0 aliphatic heterocycles. The van der Waals surface area contributed by atoms with E-state index in [1.54, 1.807) is 6.07 Å². The van der Waals surface area contributed by atoms with Gasteiger partial charge >= 0.3 is 0 Å². The lowest BCUT2D eigenvalue weighted by molar-refractivity contribution is 0.480. The molecule has 56 valence electrons. The van der Waals surface area contributed by atoms with Gasteiger partial charge in [-0.05, 0) is 17.4 Å². The van der Waals surface area contributed by atoms with Crippen LogP contribution < -0.4 is 5.30 Å². The molecule has 1 heterocycles. The zero-order valence-corrected chi connectivity index (χ0v) is 6.99. The molecular weight excluding hydrogens is 157 g/mol. The third kappa shape index (κ3) is 0.908. The second kappa shape index (κ2) is 2.24. The summed E-state index contributed by atoms with van der Waals surface area (Å²) in [5, 5.41) is 11.5. The number of aromatic hydroxyl groups is 1. The predicted molar refractivity (Wildman–Crippen MR) is 49.3 cm³/mol. The Labute approximate surface area is 66.4 Å². The predicted octanol–water partition coefficient (Wildman–Crippen LogP) is 1.37. The van der Waals surface area contributed by atoms with Gasteiger partial charge in [-0.3, -0.25) is 0 Å². The standard InChI is InChI=1S/C8H8NOP/c10-6-1-2-7(11)5-3-4-9-8(5)6/h1-4,9-10H,11H2. The summed E-state index contributed by atoms with van der Waals surface area (Å²) in [4.78, 5) is 2.97. The summed E-state index contributed by atoms with van der Waals surface area (Å²) in [5.41, 5.74) is 0.803. The van der Waals surface area contributed by atoms with Gasteiger partial charge in [-0.25, -0.2) is 0 Å². The molecule has 0 radical (unpaired) electrons. The van der Waals surface area contributed by atoms with Crippen molar-refractivity contribution < 1.29 is 5.11 Å². The molecule has 0 amide bonds. The van der Waals surface area contributed by atoms with E-state index in [9.17, 15) is 5.11 Å². The van der Waals surface area contributed by atoms with Crippen LogP contribution in [0.25, 0.3) is 10.9 Å². The smallest absolute Gasteiger partial charge is 0.139 e. The maximum atomic E-state index is 9.34. The number of fused-ring (bicyclic) bond motifs is 1. The SMILES string of the molecule is Oc1ccc(P)c2cc[nH]c12. The molecule has 2 nitrogen and oxygen atoms in total. The van der Waals surface area contributed by atoms with Crippen molar-refractivity contribution in [3.8, 4) is 5.75 Å². The monoisotopic (exact) mass is 165 g/mol. The Bertz CT molecular complexity index is 358. The van der Waals surface area contributed by atoms with E-state index in [1.807, 2.05) is 18.3 Å². The van der Waals surface area contributed by atoms with Crippen LogP contribution in [0.2, 0.25) is 0 Å². The Morgan fingerprint density at radius 3 is 2.82 bits per heavy atom. The Morgan fingerprint density at radius 2 is 2.09 bits per heavy atom. The molecule has 0 fully saturated rings. The summed E-state index contributed by atoms with van der Waals surface area (Å²) < 4.78 is 0. The van der Waals surface area contributed by atoms with Gasteiger partial charge in [-0.15, -0.1) is 9.24 Å². The molecule has 2 rings (SSSR count). The van der Waals surface area contributed by atoms with Crippen LogP contribution in [0.1, 0.15) is 0 Å². The highest BCUT2D eigenvalue weighted by Gasteiger charge is 2.01. The maximum absolute atomic E-state index is 9.34. The summed E-state index contributed by atoms with van der Waals surface area (Å²) in [6.45, 7) is 0. The van der Waals surface area contributed by atoms with E-state index in [1.165, 1.54) is 0 Å². The van der Waals surface area contributed by atoms with Crippen molar-refractivity contribution >= 4 is 25.4 Å². The Kier molecular flexibility index (Phi) is 1.36. The van der Waals surface area contributed by atoms with Crippen LogP contribution in [0, 0.1) is 0 Å². The number of benzene rings is 1. The quantitative estimate of drug-likeness (QED) is 0.568. The van der Waals surface area contributed by atoms with E-state index in [-0.39, 0.29) is 0 Å². The number of rotatable bonds is 0. The number of hydrogen-bond acceptors (Lipinski definition) is 1. The van der Waals surface area contributed by atoms with E-state index in [4.69, 9.17) is 0 Å². The number of aromatic nitrogens is 1. The number of nitrogens with one attached hydrogen (secondary N) is 1. The van der Waals surface area contributed by atoms with Crippen LogP contribution in [0.5, 0.6) is 5.75 Å². The van der Waals surface area contributed by atoms with Gasteiger partial charge in [-0.1, -0.05) is 6.07 Å². The van der Waals surface area contributed by atoms with Gasteiger partial charge in [-0.2, -0.15) is 0 Å². The van der Waals surface area contributed by atoms with Crippen molar-refractivity contribution in [1.82, 2.24) is 4.98 Å². The second-order valence-electron chi connectivity index (χ2n) is 2.44. The fourth-order valence-electron chi connectivity index (χ4n) is 1.16. The minimum atomic E-state index is 0.302. The first-order valence-corrected chi connectivity index (χ1v) is 3.91. The minimum absolute atomic E-state index is 0.302. The van der Waals surface area contributed by atoms with Gasteiger partial charge in [0.1, 0.15) is 5.75 Å². The number of aromatic amines is 1. The highest BCUT2D eigenvalue weighted by atomic mass is 31.0. The van der Waals surface area contributed by atoms with Crippen LogP contribution in [0.4, 0.5) is 0 Å². The van der Waals surface area contributed by atoms with Crippen molar-refractivity contribution in [2.75, 3.05) is 0 Å². The van der Waals surface area contributed by atoms with Crippen LogP contribution in [-0.2, 0) is 0 Å². The molecular formula is C8H8NOP. The summed E-state index contributed by atoms with van der Waals surface area (Å²) in [6.07, 6.45) is 1.82. The molecule has 0 bridgehead atoms. The van der Waals surface area contributed by atoms with Gasteiger partial charge < -0.3 is 10.1 Å². The first-order chi connectivity index (χ1) is 5.29. The molecule has 2 N–H and O–H groups in total. The lowest BCUT2D eigenvalue weighted by Crippen LogP contribution is -1.89. The van der Waals surface area contributed by atoms with Crippen LogP contribution >= 0.6 is 9.24 Å². The van der Waals surface area contributed by atoms with E-state index >= 15 is 0 Å². The Balaban J connectivity index is 2.96. The molecule has 0 saturated carbocycles. The molecule has 2 aromatic rings. The first-order valence-electron chi connectivity index (χ1n) is 3.33. The first kappa shape index (κ1) is 6.68. The number of H-pyrrole nitrogens is 1. The molecule has 11 heavy (non-hydrogen) atoms. The average Bonchev–Trinajstić information content (AvgIpc) is 2.45. The molecule has 1 aromatic carbocycles. The Morgan fingerprint density at radius 1 is 1.27 bits per heavy atom. The van der Waals surface area contributed by atoms with Crippen molar-refractivity contribution in [2.45, 2.75) is 0 Å². The van der Waals surface area contributed by atoms with Crippen LogP contribution in [0.3, 0.4) is 0 Å². The van der Waals surface area contributed by atoms with Crippen molar-refractivity contribution in [3.63, 3.8) is 0 Å². The van der Waals surface area contributed by atoms with Gasteiger partial charge in [0.2, 0.25) is 0 Å². The molecule has 0 spiro atoms. The van der Waals surface area contributed by atoms with Gasteiger partial charge in [0.15, 0.2) is 0 Å². The third-order valence-electron chi connectivity index (χ3n) is 1.73. The lowest BCUT2D eigenvalue weighted by atomic mass is 10.2. The van der Waals surface area contributed by atoms with Crippen molar-refractivity contribution in [2.24, 2.45) is 0 Å². The molecule has 1 atom stereocenters. The third-order valence-corrected chi connectivity index (χ3v) is 2.24. The van der Waals surface area contributed by atoms with Gasteiger partial charge in [0.05, 0.1) is 5.52 Å². The molecule has 0 aliphatic carbocycles. The fraction of sp³-hybridized carbons (Fsp3) is 0. The number of hydrogen-bond donors (Lipinski definition) is 2. The largest absolute Gasteiger partial charge is 0.506 e. The summed E-state index contributed by atoms with van der Waals surface area (Å²) in [6, 6.07) is 5.49. The normalized spacial score (nSPS) is 10.6. The molecule has 0 aliphatic rings. The summed E-state index contributed by atoms with van der Waals surface area (Å²) in [5.74, 6) is 0.302. The van der Waals surface area contributed by atoms with Gasteiger partial charge in [0.25, 0.3) is 0 Å². The summed E-state index contributed by atoms with van der Waals surface area (Å²) in [7, 11) is 2.63. The molecule has 1 aromatic heterocycles. The number of phenols is 1. The van der Waals surface area contributed by atoms with E-state index in [2.05, 4.69) is 14.2 Å². The topological polar surface area (TPSA) is 36.0 Å². The van der Waals surface area contributed by atoms with Crippen LogP contribution in [0.15, 0.2) is 24.4 Å². The highest BCUT2D eigenvalue weighted by Crippen LogP contribution is 2.21. The maximum Gasteiger partial charge on any atom is 0.139 e. The second-order valence-corrected chi connectivity index (χ2v) is 3.06. The van der Waals surface area contributed by atoms with Crippen LogP contribution in [-0.4, -0.2) is 10.1 Å². The lowest BCUT2D eigenvalue weighted by Gasteiger charge is -1.96. The average molecular weight is 165 g/mol. The zero-order valence-electron chi connectivity index (χ0n) is 5.83. The minimum Gasteiger partial charge on any atom is -0.506 e. The zero-order chi connectivity index (χ0) is 7.84. The fourth-order valence-corrected chi connectivity index (χ4v) is 1.50. The Hall–Kier alpha value is -1.01. The van der Waals surface area contributed by atoms with E-state index < -0.39 is 0 Å². The molecule has 0 saturated heterocycles. The highest BCUT2D eigenvalue weighted by molar-refractivity contribution is 7.28.